The van der Waals surface area contributed by atoms with E-state index in [4.69, 9.17) is 4.74 Å². The molecule has 0 aliphatic carbocycles. The van der Waals surface area contributed by atoms with E-state index in [2.05, 4.69) is 5.32 Å². The Bertz CT molecular complexity index is 475. The van der Waals surface area contributed by atoms with Crippen LogP contribution in [-0.2, 0) is 4.79 Å². The summed E-state index contributed by atoms with van der Waals surface area (Å²) in [5.74, 6) is -0.150. The highest BCUT2D eigenvalue weighted by Gasteiger charge is 2.34. The van der Waals surface area contributed by atoms with Crippen molar-refractivity contribution in [2.75, 3.05) is 7.11 Å². The molecule has 0 aliphatic rings. The number of carboxylic acids is 1. The van der Waals surface area contributed by atoms with Gasteiger partial charge in [-0.15, -0.1) is 0 Å². The molecule has 1 rings (SSSR count). The van der Waals surface area contributed by atoms with Crippen molar-refractivity contribution >= 4 is 5.97 Å². The smallest absolute Gasteiger partial charge is 0.323 e. The van der Waals surface area contributed by atoms with Crippen LogP contribution in [0.1, 0.15) is 45.2 Å². The van der Waals surface area contributed by atoms with Gasteiger partial charge < -0.3 is 14.9 Å². The molecule has 0 bridgehead atoms. The van der Waals surface area contributed by atoms with Crippen LogP contribution in [0.15, 0.2) is 18.2 Å². The zero-order valence-electron chi connectivity index (χ0n) is 12.4. The lowest BCUT2D eigenvalue weighted by molar-refractivity contribution is -0.144. The maximum atomic E-state index is 11.4. The summed E-state index contributed by atoms with van der Waals surface area (Å²) < 4.78 is 5.13. The maximum Gasteiger partial charge on any atom is 0.323 e. The molecule has 0 aliphatic heterocycles. The first-order chi connectivity index (χ1) is 9.34. The Morgan fingerprint density at radius 2 is 2.15 bits per heavy atom. The number of carboxylic acid groups (broad SMARTS) is 1. The fourth-order valence-electron chi connectivity index (χ4n) is 2.30. The molecule has 0 spiro atoms. The number of rotatable bonds is 7. The van der Waals surface area contributed by atoms with Crippen LogP contribution in [0.2, 0.25) is 0 Å². The number of hydrogen-bond donors (Lipinski definition) is 3. The van der Waals surface area contributed by atoms with E-state index >= 15 is 0 Å². The topological polar surface area (TPSA) is 78.8 Å². The van der Waals surface area contributed by atoms with Crippen LogP contribution in [0.5, 0.6) is 11.5 Å². The van der Waals surface area contributed by atoms with Gasteiger partial charge in [-0.1, -0.05) is 13.3 Å². The second-order valence-corrected chi connectivity index (χ2v) is 5.18. The molecule has 1 aromatic rings. The molecule has 0 saturated carbocycles. The van der Waals surface area contributed by atoms with Gasteiger partial charge in [0.2, 0.25) is 0 Å². The summed E-state index contributed by atoms with van der Waals surface area (Å²) in [6.07, 6.45) is 1.27. The van der Waals surface area contributed by atoms with Crippen molar-refractivity contribution in [2.24, 2.45) is 0 Å². The van der Waals surface area contributed by atoms with Gasteiger partial charge in [-0.25, -0.2) is 0 Å². The molecule has 0 aromatic heterocycles. The lowest BCUT2D eigenvalue weighted by atomic mass is 9.93. The Morgan fingerprint density at radius 3 is 2.65 bits per heavy atom. The van der Waals surface area contributed by atoms with Gasteiger partial charge in [-0.3, -0.25) is 10.1 Å². The molecule has 0 heterocycles. The summed E-state index contributed by atoms with van der Waals surface area (Å²) in [5, 5.41) is 22.4. The second-order valence-electron chi connectivity index (χ2n) is 5.18. The molecule has 0 fully saturated rings. The average Bonchev–Trinajstić information content (AvgIpc) is 2.39. The number of methoxy groups -OCH3 is 1. The minimum atomic E-state index is -1.02. The van der Waals surface area contributed by atoms with Gasteiger partial charge in [0.25, 0.3) is 0 Å². The summed E-state index contributed by atoms with van der Waals surface area (Å²) in [4.78, 5) is 11.4. The van der Waals surface area contributed by atoms with E-state index in [-0.39, 0.29) is 11.8 Å². The predicted molar refractivity (Wildman–Crippen MR) is 77.2 cm³/mol. The first-order valence-corrected chi connectivity index (χ1v) is 6.72. The van der Waals surface area contributed by atoms with E-state index in [0.717, 1.165) is 6.42 Å². The second kappa shape index (κ2) is 6.61. The third kappa shape index (κ3) is 3.63. The zero-order valence-corrected chi connectivity index (χ0v) is 12.4. The highest BCUT2D eigenvalue weighted by atomic mass is 16.5. The summed E-state index contributed by atoms with van der Waals surface area (Å²) in [6, 6.07) is 4.61. The first kappa shape index (κ1) is 16.3. The fraction of sp³-hybridized carbons (Fsp3) is 0.533. The lowest BCUT2D eigenvalue weighted by Crippen LogP contribution is -2.50. The van der Waals surface area contributed by atoms with Crippen LogP contribution in [0.25, 0.3) is 0 Å². The van der Waals surface area contributed by atoms with E-state index in [1.54, 1.807) is 32.2 Å². The third-order valence-corrected chi connectivity index (χ3v) is 3.46. The Balaban J connectivity index is 3.00. The molecule has 112 valence electrons. The normalized spacial score (nSPS) is 15.4. The van der Waals surface area contributed by atoms with Gasteiger partial charge in [0.15, 0.2) is 0 Å². The first-order valence-electron chi connectivity index (χ1n) is 6.72. The molecule has 1 aromatic carbocycles. The van der Waals surface area contributed by atoms with Gasteiger partial charge in [0.1, 0.15) is 17.0 Å². The van der Waals surface area contributed by atoms with Crippen LogP contribution in [0, 0.1) is 0 Å². The number of phenolic OH excluding ortho intramolecular Hbond substituents is 1. The van der Waals surface area contributed by atoms with E-state index in [1.807, 2.05) is 13.8 Å². The molecule has 0 amide bonds. The van der Waals surface area contributed by atoms with Crippen molar-refractivity contribution in [2.45, 2.75) is 45.2 Å². The summed E-state index contributed by atoms with van der Waals surface area (Å²) in [7, 11) is 1.55. The maximum absolute atomic E-state index is 11.4. The highest BCUT2D eigenvalue weighted by Crippen LogP contribution is 2.30. The van der Waals surface area contributed by atoms with Gasteiger partial charge in [-0.05, 0) is 38.5 Å². The minimum absolute atomic E-state index is 0.120. The number of phenols is 1. The van der Waals surface area contributed by atoms with Crippen molar-refractivity contribution in [1.82, 2.24) is 5.32 Å². The summed E-state index contributed by atoms with van der Waals surface area (Å²) in [6.45, 7) is 5.43. The number of ether oxygens (including phenoxy) is 1. The molecule has 3 N–H and O–H groups in total. The Kier molecular flexibility index (Phi) is 5.39. The molecule has 5 nitrogen and oxygen atoms in total. The number of benzene rings is 1. The number of carbonyl (C=O) groups is 1. The average molecular weight is 281 g/mol. The molecule has 2 unspecified atom stereocenters. The van der Waals surface area contributed by atoms with E-state index < -0.39 is 11.5 Å². The Morgan fingerprint density at radius 1 is 1.50 bits per heavy atom. The lowest BCUT2D eigenvalue weighted by Gasteiger charge is -2.30. The largest absolute Gasteiger partial charge is 0.508 e. The summed E-state index contributed by atoms with van der Waals surface area (Å²) >= 11 is 0. The molecular weight excluding hydrogens is 258 g/mol. The zero-order chi connectivity index (χ0) is 15.3. The van der Waals surface area contributed by atoms with Crippen molar-refractivity contribution in [3.8, 4) is 11.5 Å². The van der Waals surface area contributed by atoms with Crippen molar-refractivity contribution in [3.63, 3.8) is 0 Å². The van der Waals surface area contributed by atoms with Crippen molar-refractivity contribution in [3.05, 3.63) is 23.8 Å². The van der Waals surface area contributed by atoms with E-state index in [1.165, 1.54) is 0 Å². The third-order valence-electron chi connectivity index (χ3n) is 3.46. The number of hydrogen-bond acceptors (Lipinski definition) is 4. The van der Waals surface area contributed by atoms with Crippen molar-refractivity contribution < 1.29 is 19.7 Å². The number of aromatic hydroxyl groups is 1. The Hall–Kier alpha value is -1.75. The molecule has 2 atom stereocenters. The van der Waals surface area contributed by atoms with Crippen LogP contribution < -0.4 is 10.1 Å². The Labute approximate surface area is 119 Å². The molecule has 20 heavy (non-hydrogen) atoms. The SMILES string of the molecule is CCCC(C)(NC(C)c1cc(OC)ccc1O)C(=O)O. The van der Waals surface area contributed by atoms with Crippen LogP contribution in [0.3, 0.4) is 0 Å². The predicted octanol–water partition coefficient (Wildman–Crippen LogP) is 2.69. The number of aliphatic carboxylic acids is 1. The number of nitrogens with one attached hydrogen (secondary N) is 1. The standard InChI is InChI=1S/C15H23NO4/c1-5-8-15(3,14(18)19)16-10(2)12-9-11(20-4)6-7-13(12)17/h6-7,9-10,16-17H,5,8H2,1-4H3,(H,18,19). The fourth-order valence-corrected chi connectivity index (χ4v) is 2.30. The highest BCUT2D eigenvalue weighted by molar-refractivity contribution is 5.78. The quantitative estimate of drug-likeness (QED) is 0.716. The van der Waals surface area contributed by atoms with Crippen LogP contribution in [0.4, 0.5) is 0 Å². The van der Waals surface area contributed by atoms with Gasteiger partial charge in [-0.2, -0.15) is 0 Å². The van der Waals surface area contributed by atoms with Crippen molar-refractivity contribution in [1.29, 1.82) is 0 Å². The van der Waals surface area contributed by atoms with Crippen LogP contribution in [-0.4, -0.2) is 28.8 Å². The monoisotopic (exact) mass is 281 g/mol. The van der Waals surface area contributed by atoms with Gasteiger partial charge in [0.05, 0.1) is 7.11 Å². The molecule has 0 radical (unpaired) electrons. The minimum Gasteiger partial charge on any atom is -0.508 e. The van der Waals surface area contributed by atoms with Crippen LogP contribution >= 0.6 is 0 Å². The van der Waals surface area contributed by atoms with E-state index in [9.17, 15) is 15.0 Å². The molecule has 0 saturated heterocycles. The molecule has 5 heteroatoms. The summed E-state index contributed by atoms with van der Waals surface area (Å²) in [5.41, 5.74) is -0.406. The molecular formula is C15H23NO4. The van der Waals surface area contributed by atoms with Gasteiger partial charge in [0, 0.05) is 11.6 Å². The van der Waals surface area contributed by atoms with E-state index in [0.29, 0.717) is 17.7 Å². The van der Waals surface area contributed by atoms with Gasteiger partial charge >= 0.3 is 5.97 Å².